The Morgan fingerprint density at radius 1 is 1.07 bits per heavy atom. The molecule has 1 rings (SSSR count). The van der Waals surface area contributed by atoms with E-state index in [2.05, 4.69) is 4.18 Å². The van der Waals surface area contributed by atoms with Crippen LogP contribution in [-0.4, -0.2) is 21.8 Å². The maximum atomic E-state index is 10.7. The predicted molar refractivity (Wildman–Crippen MR) is 56.8 cm³/mol. The third-order valence-electron chi connectivity index (χ3n) is 1.77. The fourth-order valence-corrected chi connectivity index (χ4v) is 1.42. The van der Waals surface area contributed by atoms with Crippen LogP contribution >= 0.6 is 0 Å². The maximum absolute atomic E-state index is 10.7. The van der Waals surface area contributed by atoms with Crippen LogP contribution in [0.25, 0.3) is 0 Å². The number of hydrogen-bond acceptors (Lipinski definition) is 4. The Kier molecular flexibility index (Phi) is 4.26. The van der Waals surface area contributed by atoms with E-state index in [4.69, 9.17) is 4.74 Å². The van der Waals surface area contributed by atoms with Gasteiger partial charge in [0.25, 0.3) is 10.1 Å². The van der Waals surface area contributed by atoms with Gasteiger partial charge in [0.15, 0.2) is 0 Å². The molecule has 1 aromatic rings. The Morgan fingerprint density at radius 3 is 1.93 bits per heavy atom. The SMILES string of the molecule is COCc1ccc(COS(C)(=O)=O)cc1. The van der Waals surface area contributed by atoms with Gasteiger partial charge in [-0.3, -0.25) is 4.18 Å². The molecule has 0 unspecified atom stereocenters. The molecule has 1 aromatic carbocycles. The molecule has 0 fully saturated rings. The van der Waals surface area contributed by atoms with E-state index < -0.39 is 10.1 Å². The van der Waals surface area contributed by atoms with Gasteiger partial charge < -0.3 is 4.74 Å². The van der Waals surface area contributed by atoms with Crippen LogP contribution in [0.3, 0.4) is 0 Å². The van der Waals surface area contributed by atoms with Crippen molar-refractivity contribution in [2.75, 3.05) is 13.4 Å². The molecule has 0 saturated carbocycles. The van der Waals surface area contributed by atoms with Gasteiger partial charge in [-0.05, 0) is 11.1 Å². The molecule has 0 aromatic heterocycles. The summed E-state index contributed by atoms with van der Waals surface area (Å²) in [6.07, 6.45) is 1.03. The lowest BCUT2D eigenvalue weighted by Gasteiger charge is -2.03. The molecule has 0 saturated heterocycles. The highest BCUT2D eigenvalue weighted by Crippen LogP contribution is 2.07. The summed E-state index contributed by atoms with van der Waals surface area (Å²) in [5, 5.41) is 0. The van der Waals surface area contributed by atoms with E-state index >= 15 is 0 Å². The zero-order valence-electron chi connectivity index (χ0n) is 8.76. The van der Waals surface area contributed by atoms with Gasteiger partial charge in [-0.1, -0.05) is 24.3 Å². The molecule has 5 heteroatoms. The van der Waals surface area contributed by atoms with Gasteiger partial charge in [0.05, 0.1) is 19.5 Å². The van der Waals surface area contributed by atoms with Crippen LogP contribution in [-0.2, 0) is 32.3 Å². The van der Waals surface area contributed by atoms with Crippen molar-refractivity contribution in [3.63, 3.8) is 0 Å². The minimum atomic E-state index is -3.37. The average Bonchev–Trinajstić information content (AvgIpc) is 2.16. The van der Waals surface area contributed by atoms with E-state index in [0.717, 1.165) is 17.4 Å². The topological polar surface area (TPSA) is 52.6 Å². The number of ether oxygens (including phenoxy) is 1. The summed E-state index contributed by atoms with van der Waals surface area (Å²) in [7, 11) is -1.74. The number of hydrogen-bond donors (Lipinski definition) is 0. The summed E-state index contributed by atoms with van der Waals surface area (Å²) in [5.41, 5.74) is 1.86. The van der Waals surface area contributed by atoms with Gasteiger partial charge in [-0.2, -0.15) is 8.42 Å². The molecule has 0 spiro atoms. The second kappa shape index (κ2) is 5.25. The smallest absolute Gasteiger partial charge is 0.264 e. The van der Waals surface area contributed by atoms with E-state index in [1.807, 2.05) is 24.3 Å². The van der Waals surface area contributed by atoms with Crippen molar-refractivity contribution in [2.45, 2.75) is 13.2 Å². The Morgan fingerprint density at radius 2 is 1.53 bits per heavy atom. The number of methoxy groups -OCH3 is 1. The van der Waals surface area contributed by atoms with Crippen molar-refractivity contribution in [2.24, 2.45) is 0 Å². The molecule has 0 aliphatic carbocycles. The monoisotopic (exact) mass is 230 g/mol. The lowest BCUT2D eigenvalue weighted by molar-refractivity contribution is 0.185. The van der Waals surface area contributed by atoms with Crippen molar-refractivity contribution in [1.29, 1.82) is 0 Å². The van der Waals surface area contributed by atoms with E-state index in [1.54, 1.807) is 7.11 Å². The molecule has 0 aliphatic heterocycles. The van der Waals surface area contributed by atoms with E-state index in [0.29, 0.717) is 6.61 Å². The van der Waals surface area contributed by atoms with Gasteiger partial charge in [0, 0.05) is 7.11 Å². The molecule has 0 N–H and O–H groups in total. The van der Waals surface area contributed by atoms with Crippen LogP contribution in [0.4, 0.5) is 0 Å². The molecule has 0 bridgehead atoms. The first-order valence-corrected chi connectivity index (χ1v) is 6.24. The average molecular weight is 230 g/mol. The standard InChI is InChI=1S/C10H14O4S/c1-13-7-9-3-5-10(6-4-9)8-14-15(2,11)12/h3-6H,7-8H2,1-2H3. The first-order valence-electron chi connectivity index (χ1n) is 4.42. The largest absolute Gasteiger partial charge is 0.380 e. The van der Waals surface area contributed by atoms with Crippen LogP contribution in [0.2, 0.25) is 0 Å². The Hall–Kier alpha value is -0.910. The Balaban J connectivity index is 2.57. The van der Waals surface area contributed by atoms with Gasteiger partial charge in [-0.15, -0.1) is 0 Å². The number of benzene rings is 1. The zero-order valence-corrected chi connectivity index (χ0v) is 9.58. The molecular formula is C10H14O4S. The van der Waals surface area contributed by atoms with Gasteiger partial charge >= 0.3 is 0 Å². The summed E-state index contributed by atoms with van der Waals surface area (Å²) in [4.78, 5) is 0. The maximum Gasteiger partial charge on any atom is 0.264 e. The lowest BCUT2D eigenvalue weighted by Crippen LogP contribution is -2.02. The van der Waals surface area contributed by atoms with Crippen LogP contribution in [0.1, 0.15) is 11.1 Å². The molecule has 84 valence electrons. The molecule has 0 aliphatic rings. The van der Waals surface area contributed by atoms with Gasteiger partial charge in [0.1, 0.15) is 0 Å². The fourth-order valence-electron chi connectivity index (χ4n) is 1.07. The summed E-state index contributed by atoms with van der Waals surface area (Å²) in [6, 6.07) is 7.40. The second-order valence-electron chi connectivity index (χ2n) is 3.22. The van der Waals surface area contributed by atoms with Crippen molar-refractivity contribution in [3.05, 3.63) is 35.4 Å². The minimum Gasteiger partial charge on any atom is -0.380 e. The quantitative estimate of drug-likeness (QED) is 0.716. The van der Waals surface area contributed by atoms with Crippen LogP contribution in [0, 0.1) is 0 Å². The predicted octanol–water partition coefficient (Wildman–Crippen LogP) is 1.31. The molecular weight excluding hydrogens is 216 g/mol. The van der Waals surface area contributed by atoms with E-state index in [1.165, 1.54) is 0 Å². The summed E-state index contributed by atoms with van der Waals surface area (Å²) < 4.78 is 31.1. The zero-order chi connectivity index (χ0) is 11.3. The molecule has 0 atom stereocenters. The Bertz CT molecular complexity index is 394. The van der Waals surface area contributed by atoms with Crippen molar-refractivity contribution in [3.8, 4) is 0 Å². The first-order chi connectivity index (χ1) is 7.01. The molecule has 0 heterocycles. The lowest BCUT2D eigenvalue weighted by atomic mass is 10.1. The highest BCUT2D eigenvalue weighted by atomic mass is 32.2. The third kappa shape index (κ3) is 4.92. The summed E-state index contributed by atoms with van der Waals surface area (Å²) >= 11 is 0. The Labute approximate surface area is 90.0 Å². The normalized spacial score (nSPS) is 11.6. The van der Waals surface area contributed by atoms with E-state index in [9.17, 15) is 8.42 Å². The highest BCUT2D eigenvalue weighted by molar-refractivity contribution is 7.85. The van der Waals surface area contributed by atoms with Crippen molar-refractivity contribution < 1.29 is 17.3 Å². The molecule has 0 amide bonds. The molecule has 0 radical (unpaired) electrons. The van der Waals surface area contributed by atoms with Crippen LogP contribution in [0.5, 0.6) is 0 Å². The molecule has 15 heavy (non-hydrogen) atoms. The van der Waals surface area contributed by atoms with Crippen molar-refractivity contribution in [1.82, 2.24) is 0 Å². The van der Waals surface area contributed by atoms with Gasteiger partial charge in [-0.25, -0.2) is 0 Å². The second-order valence-corrected chi connectivity index (χ2v) is 4.86. The van der Waals surface area contributed by atoms with Crippen LogP contribution in [0.15, 0.2) is 24.3 Å². The van der Waals surface area contributed by atoms with E-state index in [-0.39, 0.29) is 6.61 Å². The summed E-state index contributed by atoms with van der Waals surface area (Å²) in [6.45, 7) is 0.624. The third-order valence-corrected chi connectivity index (χ3v) is 2.32. The van der Waals surface area contributed by atoms with Crippen LogP contribution < -0.4 is 0 Å². The highest BCUT2D eigenvalue weighted by Gasteiger charge is 2.02. The first kappa shape index (κ1) is 12.2. The summed E-state index contributed by atoms with van der Waals surface area (Å²) in [5.74, 6) is 0. The van der Waals surface area contributed by atoms with Crippen molar-refractivity contribution >= 4 is 10.1 Å². The minimum absolute atomic E-state index is 0.0755. The fraction of sp³-hybridized carbons (Fsp3) is 0.400. The molecule has 4 nitrogen and oxygen atoms in total. The number of rotatable bonds is 5. The van der Waals surface area contributed by atoms with Gasteiger partial charge in [0.2, 0.25) is 0 Å².